The average Bonchev–Trinajstić information content (AvgIpc) is 1.64. The predicted octanol–water partition coefficient (Wildman–Crippen LogP) is 1.44. The Morgan fingerprint density at radius 3 is 2.22 bits per heavy atom. The molecule has 9 heavy (non-hydrogen) atoms. The fourth-order valence-corrected chi connectivity index (χ4v) is 1.53. The van der Waals surface area contributed by atoms with E-state index in [1.807, 2.05) is 6.92 Å². The fourth-order valence-electron chi connectivity index (χ4n) is 0.376. The molecule has 0 amide bonds. The zero-order chi connectivity index (χ0) is 7.49. The lowest BCUT2D eigenvalue weighted by Crippen LogP contribution is -2.12. The van der Waals surface area contributed by atoms with Gasteiger partial charge in [-0.05, 0) is 6.42 Å². The van der Waals surface area contributed by atoms with Gasteiger partial charge in [0.15, 0.2) is 0 Å². The summed E-state index contributed by atoms with van der Waals surface area (Å²) in [4.78, 5) is 0. The van der Waals surface area contributed by atoms with Crippen LogP contribution in [0.1, 0.15) is 19.8 Å². The molecule has 0 saturated heterocycles. The van der Waals surface area contributed by atoms with Crippen molar-refractivity contribution in [1.82, 2.24) is 0 Å². The summed E-state index contributed by atoms with van der Waals surface area (Å²) >= 11 is 1.71. The molecule has 0 spiro atoms. The number of halogens is 1. The van der Waals surface area contributed by atoms with E-state index in [2.05, 4.69) is 0 Å². The first kappa shape index (κ1) is 9.64. The summed E-state index contributed by atoms with van der Waals surface area (Å²) in [6.07, 6.45) is 1.28. The van der Waals surface area contributed by atoms with Crippen LogP contribution in [-0.4, -0.2) is 16.2 Å². The van der Waals surface area contributed by atoms with Crippen molar-refractivity contribution in [2.24, 2.45) is 0 Å². The van der Waals surface area contributed by atoms with Crippen LogP contribution in [0.4, 0.5) is 0 Å². The first-order valence-corrected chi connectivity index (χ1v) is 5.33. The number of hydrogen-bond acceptors (Lipinski definition) is 2. The lowest BCUT2D eigenvalue weighted by Gasteiger charge is -2.01. The molecule has 1 atom stereocenters. The molecule has 0 saturated carbocycles. The monoisotopic (exact) mass is 264 g/mol. The Balaban J connectivity index is 3.90. The molecule has 0 aliphatic carbocycles. The van der Waals surface area contributed by atoms with E-state index in [4.69, 9.17) is 4.55 Å². The molecule has 5 heteroatoms. The number of alkyl halides is 1. The first-order chi connectivity index (χ1) is 3.98. The van der Waals surface area contributed by atoms with Gasteiger partial charge in [-0.25, -0.2) is 0 Å². The van der Waals surface area contributed by atoms with Gasteiger partial charge in [0.1, 0.15) is 3.26 Å². The van der Waals surface area contributed by atoms with Gasteiger partial charge >= 0.3 is 0 Å². The quantitative estimate of drug-likeness (QED) is 0.476. The Hall–Kier alpha value is 0.640. The zero-order valence-electron chi connectivity index (χ0n) is 5.04. The largest absolute Gasteiger partial charge is 0.285 e. The van der Waals surface area contributed by atoms with Crippen molar-refractivity contribution in [3.63, 3.8) is 0 Å². The van der Waals surface area contributed by atoms with Crippen LogP contribution in [-0.2, 0) is 10.1 Å². The summed E-state index contributed by atoms with van der Waals surface area (Å²) in [5.41, 5.74) is 0. The summed E-state index contributed by atoms with van der Waals surface area (Å²) in [5.74, 6) is 0. The van der Waals surface area contributed by atoms with Crippen molar-refractivity contribution in [3.8, 4) is 0 Å². The van der Waals surface area contributed by atoms with Crippen LogP contribution in [0.5, 0.6) is 0 Å². The molecule has 1 N–H and O–H groups in total. The van der Waals surface area contributed by atoms with Gasteiger partial charge < -0.3 is 0 Å². The van der Waals surface area contributed by atoms with E-state index in [9.17, 15) is 8.42 Å². The molecular weight excluding hydrogens is 255 g/mol. The fraction of sp³-hybridized carbons (Fsp3) is 1.00. The highest BCUT2D eigenvalue weighted by Gasteiger charge is 2.16. The molecule has 0 aromatic heterocycles. The van der Waals surface area contributed by atoms with Gasteiger partial charge in [-0.2, -0.15) is 8.42 Å². The molecular formula is C4H9IO3S. The Morgan fingerprint density at radius 2 is 2.11 bits per heavy atom. The van der Waals surface area contributed by atoms with Gasteiger partial charge in [0.25, 0.3) is 10.1 Å². The normalized spacial score (nSPS) is 15.4. The molecule has 0 aromatic rings. The highest BCUT2D eigenvalue weighted by molar-refractivity contribution is 14.1. The molecule has 1 unspecified atom stereocenters. The Kier molecular flexibility index (Phi) is 3.99. The second kappa shape index (κ2) is 3.72. The molecule has 56 valence electrons. The van der Waals surface area contributed by atoms with E-state index in [0.717, 1.165) is 6.42 Å². The Labute approximate surface area is 68.7 Å². The summed E-state index contributed by atoms with van der Waals surface area (Å²) in [7, 11) is -3.78. The van der Waals surface area contributed by atoms with Crippen molar-refractivity contribution < 1.29 is 13.0 Å². The van der Waals surface area contributed by atoms with Crippen LogP contribution in [0.25, 0.3) is 0 Å². The van der Waals surface area contributed by atoms with Crippen molar-refractivity contribution in [1.29, 1.82) is 0 Å². The number of hydrogen-bond donors (Lipinski definition) is 1. The molecule has 0 fully saturated rings. The minimum atomic E-state index is -3.78. The topological polar surface area (TPSA) is 54.4 Å². The van der Waals surface area contributed by atoms with Crippen molar-refractivity contribution in [2.45, 2.75) is 23.0 Å². The van der Waals surface area contributed by atoms with E-state index >= 15 is 0 Å². The smallest absolute Gasteiger partial charge is 0.277 e. The molecule has 0 rings (SSSR count). The van der Waals surface area contributed by atoms with Gasteiger partial charge in [0.05, 0.1) is 0 Å². The summed E-state index contributed by atoms with van der Waals surface area (Å²) in [6, 6.07) is 0. The first-order valence-electron chi connectivity index (χ1n) is 2.59. The van der Waals surface area contributed by atoms with Gasteiger partial charge in [-0.3, -0.25) is 4.55 Å². The molecule has 0 radical (unpaired) electrons. The Bertz CT molecular complexity index is 163. The van der Waals surface area contributed by atoms with Gasteiger partial charge in [0, 0.05) is 0 Å². The van der Waals surface area contributed by atoms with E-state index in [-0.39, 0.29) is 0 Å². The maximum atomic E-state index is 10.3. The maximum Gasteiger partial charge on any atom is 0.277 e. The standard InChI is InChI=1S/C4H9IO3S/c1-2-3-4(5)9(6,7)8/h4H,2-3H2,1H3,(H,6,7,8). The minimum Gasteiger partial charge on any atom is -0.285 e. The maximum absolute atomic E-state index is 10.3. The minimum absolute atomic E-state index is 0.513. The van der Waals surface area contributed by atoms with Gasteiger partial charge in [-0.1, -0.05) is 35.9 Å². The SMILES string of the molecule is CCCC(I)S(=O)(=O)O. The predicted molar refractivity (Wildman–Crippen MR) is 44.3 cm³/mol. The van der Waals surface area contributed by atoms with Gasteiger partial charge in [-0.15, -0.1) is 0 Å². The van der Waals surface area contributed by atoms with Crippen LogP contribution in [0.3, 0.4) is 0 Å². The van der Waals surface area contributed by atoms with Crippen LogP contribution in [0.2, 0.25) is 0 Å². The number of rotatable bonds is 3. The Morgan fingerprint density at radius 1 is 1.67 bits per heavy atom. The van der Waals surface area contributed by atoms with Gasteiger partial charge in [0.2, 0.25) is 0 Å². The van der Waals surface area contributed by atoms with Crippen LogP contribution >= 0.6 is 22.6 Å². The molecule has 0 aliphatic heterocycles. The van der Waals surface area contributed by atoms with Crippen LogP contribution < -0.4 is 0 Å². The van der Waals surface area contributed by atoms with E-state index < -0.39 is 13.4 Å². The third-order valence-corrected chi connectivity index (χ3v) is 4.27. The molecule has 3 nitrogen and oxygen atoms in total. The molecule has 0 bridgehead atoms. The van der Waals surface area contributed by atoms with Crippen LogP contribution in [0, 0.1) is 0 Å². The van der Waals surface area contributed by atoms with E-state index in [1.165, 1.54) is 0 Å². The lowest BCUT2D eigenvalue weighted by molar-refractivity contribution is 0.478. The summed E-state index contributed by atoms with van der Waals surface area (Å²) in [5, 5.41) is 0. The zero-order valence-corrected chi connectivity index (χ0v) is 8.02. The summed E-state index contributed by atoms with van der Waals surface area (Å²) in [6.45, 7) is 1.87. The molecule has 0 aromatic carbocycles. The molecule has 0 aliphatic rings. The lowest BCUT2D eigenvalue weighted by atomic mass is 10.4. The highest BCUT2D eigenvalue weighted by atomic mass is 127. The third-order valence-electron chi connectivity index (χ3n) is 0.839. The summed E-state index contributed by atoms with van der Waals surface area (Å²) < 4.78 is 28.3. The van der Waals surface area contributed by atoms with E-state index in [1.54, 1.807) is 22.6 Å². The third kappa shape index (κ3) is 4.10. The molecule has 0 heterocycles. The van der Waals surface area contributed by atoms with Crippen molar-refractivity contribution in [2.75, 3.05) is 0 Å². The average molecular weight is 264 g/mol. The second-order valence-electron chi connectivity index (χ2n) is 1.71. The van der Waals surface area contributed by atoms with E-state index in [0.29, 0.717) is 6.42 Å². The van der Waals surface area contributed by atoms with Crippen molar-refractivity contribution >= 4 is 32.7 Å². The highest BCUT2D eigenvalue weighted by Crippen LogP contribution is 2.13. The van der Waals surface area contributed by atoms with Crippen LogP contribution in [0.15, 0.2) is 0 Å². The van der Waals surface area contributed by atoms with Crippen molar-refractivity contribution in [3.05, 3.63) is 0 Å². The second-order valence-corrected chi connectivity index (χ2v) is 5.66.